The van der Waals surface area contributed by atoms with Crippen LogP contribution in [0.1, 0.15) is 32.6 Å². The van der Waals surface area contributed by atoms with Crippen molar-refractivity contribution < 1.29 is 4.79 Å². The van der Waals surface area contributed by atoms with Crippen LogP contribution in [0.15, 0.2) is 0 Å². The first-order valence-corrected chi connectivity index (χ1v) is 6.73. The summed E-state index contributed by atoms with van der Waals surface area (Å²) in [6, 6.07) is 0. The molecule has 0 aromatic heterocycles. The van der Waals surface area contributed by atoms with Crippen molar-refractivity contribution in [2.45, 2.75) is 32.6 Å². The average Bonchev–Trinajstić information content (AvgIpc) is 2.32. The smallest absolute Gasteiger partial charge is 0.138 e. The van der Waals surface area contributed by atoms with Gasteiger partial charge in [0, 0.05) is 38.5 Å². The van der Waals surface area contributed by atoms with Crippen LogP contribution in [0.25, 0.3) is 0 Å². The van der Waals surface area contributed by atoms with Gasteiger partial charge in [-0.2, -0.15) is 0 Å². The highest BCUT2D eigenvalue weighted by Gasteiger charge is 2.23. The highest BCUT2D eigenvalue weighted by molar-refractivity contribution is 5.81. The molecule has 3 heteroatoms. The van der Waals surface area contributed by atoms with Gasteiger partial charge in [0.15, 0.2) is 0 Å². The number of Topliss-reactive ketones (excluding diaryl/α,β-unsaturated/α-hetero) is 1. The normalized spacial score (nSPS) is 29.6. The van der Waals surface area contributed by atoms with E-state index in [2.05, 4.69) is 16.7 Å². The van der Waals surface area contributed by atoms with Gasteiger partial charge < -0.3 is 9.80 Å². The molecule has 3 nitrogen and oxygen atoms in total. The van der Waals surface area contributed by atoms with Crippen LogP contribution in [0.5, 0.6) is 0 Å². The first-order chi connectivity index (χ1) is 7.75. The number of ketones is 1. The minimum Gasteiger partial charge on any atom is -0.302 e. The van der Waals surface area contributed by atoms with Gasteiger partial charge in [0.25, 0.3) is 0 Å². The topological polar surface area (TPSA) is 23.6 Å². The first-order valence-electron chi connectivity index (χ1n) is 6.73. The van der Waals surface area contributed by atoms with Gasteiger partial charge in [0.2, 0.25) is 0 Å². The minimum absolute atomic E-state index is 0.259. The van der Waals surface area contributed by atoms with Crippen molar-refractivity contribution in [1.82, 2.24) is 9.80 Å². The van der Waals surface area contributed by atoms with E-state index in [0.717, 1.165) is 26.1 Å². The molecule has 0 saturated carbocycles. The minimum atomic E-state index is 0.259. The SMILES string of the molecule is CC1CN(CCN2CCCCC2)CCC1=O. The van der Waals surface area contributed by atoms with Crippen LogP contribution in [0, 0.1) is 5.92 Å². The van der Waals surface area contributed by atoms with E-state index >= 15 is 0 Å². The van der Waals surface area contributed by atoms with E-state index in [1.54, 1.807) is 0 Å². The Bertz CT molecular complexity index is 236. The molecule has 0 aromatic rings. The summed E-state index contributed by atoms with van der Waals surface area (Å²) in [6.45, 7) is 8.93. The Kier molecular flexibility index (Phi) is 4.36. The fraction of sp³-hybridized carbons (Fsp3) is 0.923. The summed E-state index contributed by atoms with van der Waals surface area (Å²) in [5.74, 6) is 0.712. The van der Waals surface area contributed by atoms with Crippen molar-refractivity contribution in [2.24, 2.45) is 5.92 Å². The lowest BCUT2D eigenvalue weighted by molar-refractivity contribution is -0.125. The molecule has 2 aliphatic heterocycles. The zero-order valence-electron chi connectivity index (χ0n) is 10.5. The largest absolute Gasteiger partial charge is 0.302 e. The molecule has 1 atom stereocenters. The standard InChI is InChI=1S/C13H24N2O/c1-12-11-15(8-5-13(12)16)10-9-14-6-3-2-4-7-14/h12H,2-11H2,1H3. The molecular weight excluding hydrogens is 200 g/mol. The van der Waals surface area contributed by atoms with E-state index in [-0.39, 0.29) is 5.92 Å². The van der Waals surface area contributed by atoms with Crippen LogP contribution >= 0.6 is 0 Å². The van der Waals surface area contributed by atoms with E-state index in [1.165, 1.54) is 38.9 Å². The molecule has 16 heavy (non-hydrogen) atoms. The molecule has 2 aliphatic rings. The number of nitrogens with zero attached hydrogens (tertiary/aromatic N) is 2. The fourth-order valence-electron chi connectivity index (χ4n) is 2.76. The van der Waals surface area contributed by atoms with E-state index in [1.807, 2.05) is 0 Å². The number of likely N-dealkylation sites (tertiary alicyclic amines) is 2. The number of carbonyl (C=O) groups is 1. The molecule has 0 aromatic carbocycles. The lowest BCUT2D eigenvalue weighted by atomic mass is 9.99. The molecule has 1 unspecified atom stereocenters. The fourth-order valence-corrected chi connectivity index (χ4v) is 2.76. The van der Waals surface area contributed by atoms with Gasteiger partial charge in [0.1, 0.15) is 5.78 Å². The summed E-state index contributed by atoms with van der Waals surface area (Å²) in [7, 11) is 0. The Hall–Kier alpha value is -0.410. The monoisotopic (exact) mass is 224 g/mol. The Morgan fingerprint density at radius 3 is 2.44 bits per heavy atom. The van der Waals surface area contributed by atoms with E-state index in [4.69, 9.17) is 0 Å². The summed E-state index contributed by atoms with van der Waals surface area (Å²) < 4.78 is 0. The maximum Gasteiger partial charge on any atom is 0.138 e. The van der Waals surface area contributed by atoms with Crippen molar-refractivity contribution in [3.8, 4) is 0 Å². The van der Waals surface area contributed by atoms with E-state index < -0.39 is 0 Å². The van der Waals surface area contributed by atoms with Gasteiger partial charge >= 0.3 is 0 Å². The van der Waals surface area contributed by atoms with Crippen molar-refractivity contribution in [3.63, 3.8) is 0 Å². The van der Waals surface area contributed by atoms with E-state index in [9.17, 15) is 4.79 Å². The number of hydrogen-bond donors (Lipinski definition) is 0. The quantitative estimate of drug-likeness (QED) is 0.723. The summed E-state index contributed by atoms with van der Waals surface area (Å²) in [6.07, 6.45) is 4.91. The molecule has 0 N–H and O–H groups in total. The second-order valence-corrected chi connectivity index (χ2v) is 5.32. The molecule has 2 rings (SSSR count). The predicted molar refractivity (Wildman–Crippen MR) is 65.5 cm³/mol. The third-order valence-electron chi connectivity index (χ3n) is 3.94. The van der Waals surface area contributed by atoms with Crippen LogP contribution in [0.4, 0.5) is 0 Å². The zero-order valence-corrected chi connectivity index (χ0v) is 10.5. The van der Waals surface area contributed by atoms with Gasteiger partial charge in [-0.05, 0) is 25.9 Å². The highest BCUT2D eigenvalue weighted by Crippen LogP contribution is 2.13. The first kappa shape index (κ1) is 12.1. The number of piperidine rings is 2. The molecule has 0 radical (unpaired) electrons. The van der Waals surface area contributed by atoms with Gasteiger partial charge in [-0.1, -0.05) is 13.3 Å². The Labute approximate surface area is 98.8 Å². The van der Waals surface area contributed by atoms with Crippen LogP contribution in [0.2, 0.25) is 0 Å². The second-order valence-electron chi connectivity index (χ2n) is 5.32. The molecule has 0 amide bonds. The summed E-state index contributed by atoms with van der Waals surface area (Å²) >= 11 is 0. The average molecular weight is 224 g/mol. The molecule has 0 spiro atoms. The molecule has 0 bridgehead atoms. The van der Waals surface area contributed by atoms with E-state index in [0.29, 0.717) is 5.78 Å². The van der Waals surface area contributed by atoms with Crippen LogP contribution < -0.4 is 0 Å². The Morgan fingerprint density at radius 2 is 1.75 bits per heavy atom. The zero-order chi connectivity index (χ0) is 11.4. The molecule has 2 fully saturated rings. The van der Waals surface area contributed by atoms with Crippen molar-refractivity contribution in [3.05, 3.63) is 0 Å². The number of hydrogen-bond acceptors (Lipinski definition) is 3. The van der Waals surface area contributed by atoms with Crippen molar-refractivity contribution >= 4 is 5.78 Å². The van der Waals surface area contributed by atoms with Gasteiger partial charge in [-0.25, -0.2) is 0 Å². The van der Waals surface area contributed by atoms with Crippen LogP contribution in [-0.2, 0) is 4.79 Å². The van der Waals surface area contributed by atoms with Gasteiger partial charge in [0.05, 0.1) is 0 Å². The van der Waals surface area contributed by atoms with Gasteiger partial charge in [-0.3, -0.25) is 4.79 Å². The lowest BCUT2D eigenvalue weighted by Gasteiger charge is -2.33. The van der Waals surface area contributed by atoms with Gasteiger partial charge in [-0.15, -0.1) is 0 Å². The molecule has 2 saturated heterocycles. The van der Waals surface area contributed by atoms with Crippen molar-refractivity contribution in [1.29, 1.82) is 0 Å². The maximum absolute atomic E-state index is 11.4. The lowest BCUT2D eigenvalue weighted by Crippen LogP contribution is -2.44. The summed E-state index contributed by atoms with van der Waals surface area (Å²) in [5, 5.41) is 0. The van der Waals surface area contributed by atoms with Crippen LogP contribution in [0.3, 0.4) is 0 Å². The highest BCUT2D eigenvalue weighted by atomic mass is 16.1. The van der Waals surface area contributed by atoms with Crippen LogP contribution in [-0.4, -0.2) is 54.9 Å². The third kappa shape index (κ3) is 3.29. The maximum atomic E-state index is 11.4. The number of rotatable bonds is 3. The predicted octanol–water partition coefficient (Wildman–Crippen LogP) is 1.38. The van der Waals surface area contributed by atoms with Crippen molar-refractivity contribution in [2.75, 3.05) is 39.3 Å². The molecule has 2 heterocycles. The molecule has 0 aliphatic carbocycles. The summed E-state index contributed by atoms with van der Waals surface area (Å²) in [4.78, 5) is 16.4. The summed E-state index contributed by atoms with van der Waals surface area (Å²) in [5.41, 5.74) is 0. The Morgan fingerprint density at radius 1 is 1.06 bits per heavy atom. The Balaban J connectivity index is 1.67. The molecular formula is C13H24N2O. The third-order valence-corrected chi connectivity index (χ3v) is 3.94. The molecule has 92 valence electrons. The second kappa shape index (κ2) is 5.78. The number of carbonyl (C=O) groups excluding carboxylic acids is 1.